The Morgan fingerprint density at radius 2 is 1.74 bits per heavy atom. The molecule has 38 heavy (non-hydrogen) atoms. The summed E-state index contributed by atoms with van der Waals surface area (Å²) in [5.74, 6) is 1.19. The molecular formula is C31H27N3O4. The summed E-state index contributed by atoms with van der Waals surface area (Å²) in [6.45, 7) is 1.13. The second-order valence-electron chi connectivity index (χ2n) is 9.19. The molecule has 0 radical (unpaired) electrons. The maximum atomic E-state index is 12.0. The van der Waals surface area contributed by atoms with E-state index in [0.29, 0.717) is 18.7 Å². The van der Waals surface area contributed by atoms with E-state index in [1.54, 1.807) is 12.3 Å². The molecule has 1 fully saturated rings. The van der Waals surface area contributed by atoms with E-state index in [1.165, 1.54) is 7.11 Å². The van der Waals surface area contributed by atoms with Gasteiger partial charge in [0.1, 0.15) is 24.3 Å². The van der Waals surface area contributed by atoms with E-state index in [9.17, 15) is 4.79 Å². The Labute approximate surface area is 220 Å². The molecular weight excluding hydrogens is 478 g/mol. The van der Waals surface area contributed by atoms with E-state index in [0.717, 1.165) is 33.7 Å². The van der Waals surface area contributed by atoms with Gasteiger partial charge in [0, 0.05) is 23.5 Å². The monoisotopic (exact) mass is 505 g/mol. The lowest BCUT2D eigenvalue weighted by Crippen LogP contribution is -2.58. The number of rotatable bonds is 8. The third kappa shape index (κ3) is 4.78. The molecule has 7 nitrogen and oxygen atoms in total. The SMILES string of the molecule is COC(=O)c1cccc(N2CC(Oc3ccc(COc4cnc5ccccc5c4)cc3)C2n2cccc2)c1. The molecule has 3 heterocycles. The number of methoxy groups -OCH3 is 1. The molecule has 0 bridgehead atoms. The Morgan fingerprint density at radius 3 is 2.55 bits per heavy atom. The fraction of sp³-hybridized carbons (Fsp3) is 0.161. The zero-order valence-corrected chi connectivity index (χ0v) is 20.9. The second-order valence-corrected chi connectivity index (χ2v) is 9.19. The number of carbonyl (C=O) groups is 1. The van der Waals surface area contributed by atoms with Crippen LogP contribution < -0.4 is 14.4 Å². The first-order valence-electron chi connectivity index (χ1n) is 12.5. The Hall–Kier alpha value is -4.78. The summed E-state index contributed by atoms with van der Waals surface area (Å²) in [5, 5.41) is 1.05. The highest BCUT2D eigenvalue weighted by molar-refractivity contribution is 5.90. The van der Waals surface area contributed by atoms with E-state index in [2.05, 4.69) is 14.5 Å². The average molecular weight is 506 g/mol. The van der Waals surface area contributed by atoms with Gasteiger partial charge in [0.15, 0.2) is 6.10 Å². The number of fused-ring (bicyclic) bond motifs is 1. The number of anilines is 1. The molecule has 5 aromatic rings. The number of carbonyl (C=O) groups excluding carboxylic acids is 1. The van der Waals surface area contributed by atoms with Crippen LogP contribution >= 0.6 is 0 Å². The molecule has 0 N–H and O–H groups in total. The summed E-state index contributed by atoms with van der Waals surface area (Å²) in [5.41, 5.74) is 3.47. The number of esters is 1. The van der Waals surface area contributed by atoms with Crippen LogP contribution in [0.5, 0.6) is 11.5 Å². The normalized spacial score (nSPS) is 16.6. The Morgan fingerprint density at radius 1 is 0.921 bits per heavy atom. The van der Waals surface area contributed by atoms with E-state index >= 15 is 0 Å². The van der Waals surface area contributed by atoms with Crippen molar-refractivity contribution in [2.45, 2.75) is 18.9 Å². The van der Waals surface area contributed by atoms with Crippen LogP contribution in [0.1, 0.15) is 22.1 Å². The van der Waals surface area contributed by atoms with Crippen LogP contribution in [-0.4, -0.2) is 35.3 Å². The van der Waals surface area contributed by atoms with Crippen LogP contribution in [0.3, 0.4) is 0 Å². The fourth-order valence-corrected chi connectivity index (χ4v) is 4.76. The van der Waals surface area contributed by atoms with Crippen molar-refractivity contribution >= 4 is 22.6 Å². The topological polar surface area (TPSA) is 65.8 Å². The smallest absolute Gasteiger partial charge is 0.337 e. The maximum Gasteiger partial charge on any atom is 0.337 e. The number of aromatic nitrogens is 2. The largest absolute Gasteiger partial charge is 0.487 e. The quantitative estimate of drug-likeness (QED) is 0.246. The van der Waals surface area contributed by atoms with Gasteiger partial charge >= 0.3 is 5.97 Å². The first-order chi connectivity index (χ1) is 18.7. The molecule has 0 saturated carbocycles. The summed E-state index contributed by atoms with van der Waals surface area (Å²) in [7, 11) is 1.39. The summed E-state index contributed by atoms with van der Waals surface area (Å²) in [6.07, 6.45) is 5.71. The van der Waals surface area contributed by atoms with Crippen molar-refractivity contribution in [1.82, 2.24) is 9.55 Å². The minimum atomic E-state index is -0.348. The average Bonchev–Trinajstić information content (AvgIpc) is 3.47. The van der Waals surface area contributed by atoms with Crippen LogP contribution in [0.15, 0.2) is 110 Å². The van der Waals surface area contributed by atoms with Gasteiger partial charge in [-0.1, -0.05) is 36.4 Å². The van der Waals surface area contributed by atoms with Crippen LogP contribution in [0.25, 0.3) is 10.9 Å². The minimum Gasteiger partial charge on any atom is -0.487 e. The third-order valence-electron chi connectivity index (χ3n) is 6.74. The van der Waals surface area contributed by atoms with Crippen LogP contribution in [-0.2, 0) is 11.3 Å². The molecule has 2 unspecified atom stereocenters. The molecule has 6 rings (SSSR count). The van der Waals surface area contributed by atoms with Crippen molar-refractivity contribution in [2.75, 3.05) is 18.6 Å². The van der Waals surface area contributed by atoms with Crippen LogP contribution in [0.4, 0.5) is 5.69 Å². The molecule has 190 valence electrons. The van der Waals surface area contributed by atoms with E-state index in [4.69, 9.17) is 14.2 Å². The number of ether oxygens (including phenoxy) is 3. The zero-order valence-electron chi connectivity index (χ0n) is 20.9. The number of hydrogen-bond donors (Lipinski definition) is 0. The van der Waals surface area contributed by atoms with Crippen molar-refractivity contribution in [3.8, 4) is 11.5 Å². The molecule has 2 atom stereocenters. The van der Waals surface area contributed by atoms with Crippen molar-refractivity contribution in [1.29, 1.82) is 0 Å². The Balaban J connectivity index is 1.12. The van der Waals surface area contributed by atoms with Crippen LogP contribution in [0, 0.1) is 0 Å². The standard InChI is InChI=1S/C31H27N3O4/c1-36-31(35)24-8-6-9-25(17-24)34-20-29(30(34)33-15-4-5-16-33)38-26-13-11-22(12-14-26)21-37-27-18-23-7-2-3-10-28(23)32-19-27/h2-19,29-30H,20-21H2,1H3. The van der Waals surface area contributed by atoms with Crippen LogP contribution in [0.2, 0.25) is 0 Å². The van der Waals surface area contributed by atoms with Crippen molar-refractivity contribution < 1.29 is 19.0 Å². The Bertz CT molecular complexity index is 1550. The first kappa shape index (κ1) is 23.6. The third-order valence-corrected chi connectivity index (χ3v) is 6.74. The highest BCUT2D eigenvalue weighted by Gasteiger charge is 2.42. The predicted molar refractivity (Wildman–Crippen MR) is 146 cm³/mol. The molecule has 1 aliphatic heterocycles. The number of hydrogen-bond acceptors (Lipinski definition) is 6. The van der Waals surface area contributed by atoms with Gasteiger partial charge < -0.3 is 23.7 Å². The van der Waals surface area contributed by atoms with Gasteiger partial charge in [0.2, 0.25) is 0 Å². The number of para-hydroxylation sites is 1. The van der Waals surface area contributed by atoms with Crippen molar-refractivity contribution in [3.63, 3.8) is 0 Å². The summed E-state index contributed by atoms with van der Waals surface area (Å²) >= 11 is 0. The molecule has 0 aliphatic carbocycles. The number of pyridine rings is 1. The molecule has 3 aromatic carbocycles. The molecule has 0 spiro atoms. The minimum absolute atomic E-state index is 0.0405. The van der Waals surface area contributed by atoms with E-state index < -0.39 is 0 Å². The summed E-state index contributed by atoms with van der Waals surface area (Å²) in [6, 6.07) is 29.5. The lowest BCUT2D eigenvalue weighted by atomic mass is 10.0. The van der Waals surface area contributed by atoms with Gasteiger partial charge in [-0.3, -0.25) is 4.98 Å². The second kappa shape index (κ2) is 10.3. The zero-order chi connectivity index (χ0) is 25.9. The molecule has 1 aliphatic rings. The molecule has 0 amide bonds. The van der Waals surface area contributed by atoms with E-state index in [-0.39, 0.29) is 18.2 Å². The number of nitrogens with zero attached hydrogens (tertiary/aromatic N) is 3. The highest BCUT2D eigenvalue weighted by Crippen LogP contribution is 2.37. The number of benzene rings is 3. The Kier molecular flexibility index (Phi) is 6.40. The lowest BCUT2D eigenvalue weighted by Gasteiger charge is -2.49. The van der Waals surface area contributed by atoms with Gasteiger partial charge in [-0.25, -0.2) is 4.79 Å². The van der Waals surface area contributed by atoms with Gasteiger partial charge in [0.25, 0.3) is 0 Å². The summed E-state index contributed by atoms with van der Waals surface area (Å²) in [4.78, 5) is 18.7. The highest BCUT2D eigenvalue weighted by atomic mass is 16.5. The van der Waals surface area contributed by atoms with Crippen molar-refractivity contribution in [2.24, 2.45) is 0 Å². The lowest BCUT2D eigenvalue weighted by molar-refractivity contribution is 0.0600. The van der Waals surface area contributed by atoms with Gasteiger partial charge in [0.05, 0.1) is 30.9 Å². The summed E-state index contributed by atoms with van der Waals surface area (Å²) < 4.78 is 19.4. The van der Waals surface area contributed by atoms with E-state index in [1.807, 2.05) is 97.3 Å². The van der Waals surface area contributed by atoms with Crippen molar-refractivity contribution in [3.05, 3.63) is 121 Å². The molecule has 7 heteroatoms. The first-order valence-corrected chi connectivity index (χ1v) is 12.5. The molecule has 1 saturated heterocycles. The maximum absolute atomic E-state index is 12.0. The fourth-order valence-electron chi connectivity index (χ4n) is 4.76. The molecule has 2 aromatic heterocycles. The van der Waals surface area contributed by atoms with Gasteiger partial charge in [-0.05, 0) is 60.2 Å². The van der Waals surface area contributed by atoms with Gasteiger partial charge in [-0.2, -0.15) is 0 Å². The predicted octanol–water partition coefficient (Wildman–Crippen LogP) is 5.87. The van der Waals surface area contributed by atoms with Gasteiger partial charge in [-0.15, -0.1) is 0 Å².